The van der Waals surface area contributed by atoms with Crippen molar-refractivity contribution in [3.05, 3.63) is 28.2 Å². The molecule has 0 aliphatic rings. The molecule has 5 heteroatoms. The van der Waals surface area contributed by atoms with Crippen LogP contribution in [0.1, 0.15) is 25.3 Å². The van der Waals surface area contributed by atoms with E-state index in [1.54, 1.807) is 12.1 Å². The average molecular weight is 293 g/mol. The number of benzene rings is 1. The van der Waals surface area contributed by atoms with Crippen molar-refractivity contribution in [3.63, 3.8) is 0 Å². The second-order valence-electron chi connectivity index (χ2n) is 3.30. The van der Waals surface area contributed by atoms with Gasteiger partial charge in [-0.1, -0.05) is 35.3 Å². The highest BCUT2D eigenvalue weighted by Gasteiger charge is 2.16. The molecule has 0 aliphatic heterocycles. The summed E-state index contributed by atoms with van der Waals surface area (Å²) < 4.78 is 32.0. The van der Waals surface area contributed by atoms with Gasteiger partial charge < -0.3 is 0 Å². The largest absolute Gasteiger partial charge is 0.294 e. The molecule has 0 bridgehead atoms. The van der Waals surface area contributed by atoms with Crippen LogP contribution in [0, 0.1) is 0 Å². The molecule has 0 aromatic heterocycles. The first-order valence-electron chi connectivity index (χ1n) is 4.71. The molecule has 0 unspecified atom stereocenters. The van der Waals surface area contributed by atoms with Crippen molar-refractivity contribution < 1.29 is 13.0 Å². The summed E-state index contributed by atoms with van der Waals surface area (Å²) in [6, 6.07) is 4.80. The standard InChI is InChI=1S/C10H13BrO3S/c1-2-3-5-8-9(11)6-4-7-10(8)15(12,13)14/h4,6-7H,2-3,5H2,1H3,(H,12,13,14). The van der Waals surface area contributed by atoms with E-state index in [9.17, 15) is 8.42 Å². The van der Waals surface area contributed by atoms with Crippen LogP contribution in [0.2, 0.25) is 0 Å². The average Bonchev–Trinajstić information content (AvgIpc) is 2.14. The Labute approximate surface area is 98.4 Å². The molecule has 0 spiro atoms. The fourth-order valence-electron chi connectivity index (χ4n) is 1.38. The van der Waals surface area contributed by atoms with Crippen LogP contribution in [-0.4, -0.2) is 13.0 Å². The molecule has 15 heavy (non-hydrogen) atoms. The summed E-state index contributed by atoms with van der Waals surface area (Å²) in [5.41, 5.74) is 0.654. The maximum atomic E-state index is 11.1. The minimum Gasteiger partial charge on any atom is -0.282 e. The van der Waals surface area contributed by atoms with Gasteiger partial charge in [-0.25, -0.2) is 0 Å². The Morgan fingerprint density at radius 2 is 2.07 bits per heavy atom. The zero-order valence-corrected chi connectivity index (χ0v) is 10.8. The topological polar surface area (TPSA) is 54.4 Å². The number of hydrogen-bond donors (Lipinski definition) is 1. The minimum atomic E-state index is -4.12. The lowest BCUT2D eigenvalue weighted by atomic mass is 10.1. The van der Waals surface area contributed by atoms with Crippen molar-refractivity contribution in [3.8, 4) is 0 Å². The van der Waals surface area contributed by atoms with E-state index in [2.05, 4.69) is 15.9 Å². The number of rotatable bonds is 4. The lowest BCUT2D eigenvalue weighted by Crippen LogP contribution is -2.04. The van der Waals surface area contributed by atoms with E-state index < -0.39 is 10.1 Å². The Kier molecular flexibility index (Phi) is 4.31. The van der Waals surface area contributed by atoms with Gasteiger partial charge in [-0.15, -0.1) is 0 Å². The first-order chi connectivity index (χ1) is 6.96. The van der Waals surface area contributed by atoms with Crippen LogP contribution in [0.5, 0.6) is 0 Å². The number of unbranched alkanes of at least 4 members (excludes halogenated alkanes) is 1. The molecule has 3 nitrogen and oxygen atoms in total. The second kappa shape index (κ2) is 5.09. The highest BCUT2D eigenvalue weighted by atomic mass is 79.9. The van der Waals surface area contributed by atoms with Gasteiger partial charge in [0.2, 0.25) is 0 Å². The van der Waals surface area contributed by atoms with Crippen molar-refractivity contribution in [2.24, 2.45) is 0 Å². The molecule has 1 rings (SSSR count). The van der Waals surface area contributed by atoms with Crippen molar-refractivity contribution in [2.45, 2.75) is 31.1 Å². The van der Waals surface area contributed by atoms with Gasteiger partial charge in [0.05, 0.1) is 4.90 Å². The SMILES string of the molecule is CCCCc1c(Br)cccc1S(=O)(=O)O. The molecule has 1 N–H and O–H groups in total. The van der Waals surface area contributed by atoms with E-state index in [0.29, 0.717) is 12.0 Å². The summed E-state index contributed by atoms with van der Waals surface area (Å²) in [5, 5.41) is 0. The minimum absolute atomic E-state index is 0.00493. The third-order valence-electron chi connectivity index (χ3n) is 2.13. The monoisotopic (exact) mass is 292 g/mol. The molecular formula is C10H13BrO3S. The van der Waals surface area contributed by atoms with Gasteiger partial charge in [0, 0.05) is 4.47 Å². The van der Waals surface area contributed by atoms with E-state index in [-0.39, 0.29) is 4.90 Å². The highest BCUT2D eigenvalue weighted by Crippen LogP contribution is 2.25. The molecule has 0 saturated heterocycles. The van der Waals surface area contributed by atoms with Crippen molar-refractivity contribution in [1.82, 2.24) is 0 Å². The van der Waals surface area contributed by atoms with Gasteiger partial charge in [0.15, 0.2) is 0 Å². The zero-order chi connectivity index (χ0) is 11.5. The lowest BCUT2D eigenvalue weighted by Gasteiger charge is -2.08. The van der Waals surface area contributed by atoms with Gasteiger partial charge in [-0.05, 0) is 30.5 Å². The lowest BCUT2D eigenvalue weighted by molar-refractivity contribution is 0.481. The van der Waals surface area contributed by atoms with Crippen molar-refractivity contribution in [2.75, 3.05) is 0 Å². The van der Waals surface area contributed by atoms with Crippen LogP contribution >= 0.6 is 15.9 Å². The van der Waals surface area contributed by atoms with Crippen LogP contribution in [0.3, 0.4) is 0 Å². The molecule has 0 radical (unpaired) electrons. The Balaban J connectivity index is 3.21. The van der Waals surface area contributed by atoms with Crippen LogP contribution < -0.4 is 0 Å². The molecular weight excluding hydrogens is 280 g/mol. The molecule has 0 fully saturated rings. The van der Waals surface area contributed by atoms with E-state index in [4.69, 9.17) is 4.55 Å². The number of halogens is 1. The summed E-state index contributed by atoms with van der Waals surface area (Å²) in [4.78, 5) is 0.00493. The van der Waals surface area contributed by atoms with Gasteiger partial charge in [0.25, 0.3) is 10.1 Å². The molecule has 0 aliphatic carbocycles. The molecule has 0 heterocycles. The predicted octanol–water partition coefficient (Wildman–Crippen LogP) is 3.04. The fourth-order valence-corrected chi connectivity index (χ4v) is 2.85. The zero-order valence-electron chi connectivity index (χ0n) is 8.40. The van der Waals surface area contributed by atoms with Gasteiger partial charge in [-0.3, -0.25) is 4.55 Å². The predicted molar refractivity (Wildman–Crippen MR) is 62.6 cm³/mol. The van der Waals surface area contributed by atoms with Gasteiger partial charge in [0.1, 0.15) is 0 Å². The van der Waals surface area contributed by atoms with Gasteiger partial charge >= 0.3 is 0 Å². The van der Waals surface area contributed by atoms with Crippen LogP contribution in [0.15, 0.2) is 27.6 Å². The Morgan fingerprint density at radius 1 is 1.40 bits per heavy atom. The van der Waals surface area contributed by atoms with E-state index in [1.807, 2.05) is 6.92 Å². The first-order valence-corrected chi connectivity index (χ1v) is 6.95. The molecule has 84 valence electrons. The van der Waals surface area contributed by atoms with Crippen molar-refractivity contribution >= 4 is 26.0 Å². The Morgan fingerprint density at radius 3 is 2.60 bits per heavy atom. The quantitative estimate of drug-likeness (QED) is 0.868. The molecule has 1 aromatic carbocycles. The Hall–Kier alpha value is -0.390. The summed E-state index contributed by atoms with van der Waals surface area (Å²) in [5.74, 6) is 0. The summed E-state index contributed by atoms with van der Waals surface area (Å²) in [7, 11) is -4.12. The van der Waals surface area contributed by atoms with E-state index in [0.717, 1.165) is 17.3 Å². The molecule has 0 atom stereocenters. The fraction of sp³-hybridized carbons (Fsp3) is 0.400. The van der Waals surface area contributed by atoms with Crippen LogP contribution in [0.4, 0.5) is 0 Å². The smallest absolute Gasteiger partial charge is 0.282 e. The normalized spacial score (nSPS) is 11.7. The van der Waals surface area contributed by atoms with Gasteiger partial charge in [-0.2, -0.15) is 8.42 Å². The summed E-state index contributed by atoms with van der Waals surface area (Å²) >= 11 is 3.29. The first kappa shape index (κ1) is 12.7. The third kappa shape index (κ3) is 3.29. The molecule has 1 aromatic rings. The van der Waals surface area contributed by atoms with E-state index >= 15 is 0 Å². The van der Waals surface area contributed by atoms with Crippen LogP contribution in [-0.2, 0) is 16.5 Å². The second-order valence-corrected chi connectivity index (χ2v) is 5.54. The number of hydrogen-bond acceptors (Lipinski definition) is 2. The van der Waals surface area contributed by atoms with Crippen LogP contribution in [0.25, 0.3) is 0 Å². The maximum Gasteiger partial charge on any atom is 0.294 e. The summed E-state index contributed by atoms with van der Waals surface area (Å²) in [6.45, 7) is 2.03. The summed E-state index contributed by atoms with van der Waals surface area (Å²) in [6.07, 6.45) is 2.52. The third-order valence-corrected chi connectivity index (χ3v) is 3.82. The molecule has 0 amide bonds. The van der Waals surface area contributed by atoms with Crippen molar-refractivity contribution in [1.29, 1.82) is 0 Å². The Bertz CT molecular complexity index is 440. The highest BCUT2D eigenvalue weighted by molar-refractivity contribution is 9.10. The maximum absolute atomic E-state index is 11.1. The molecule has 0 saturated carbocycles. The van der Waals surface area contributed by atoms with E-state index in [1.165, 1.54) is 6.07 Å².